The van der Waals surface area contributed by atoms with Gasteiger partial charge in [0.25, 0.3) is 0 Å². The number of halogens is 1. The van der Waals surface area contributed by atoms with Crippen LogP contribution in [0.2, 0.25) is 0 Å². The lowest BCUT2D eigenvalue weighted by Crippen LogP contribution is -2.27. The maximum atomic E-state index is 10.0. The SMILES string of the molecule is CCC(CC)C(O)CNc1ccc(N)cc1I. The van der Waals surface area contributed by atoms with Gasteiger partial charge in [-0.05, 0) is 46.7 Å². The number of hydrogen-bond acceptors (Lipinski definition) is 3. The highest BCUT2D eigenvalue weighted by Gasteiger charge is 2.15. The van der Waals surface area contributed by atoms with Gasteiger partial charge in [0, 0.05) is 21.5 Å². The van der Waals surface area contributed by atoms with Gasteiger partial charge in [0.05, 0.1) is 6.10 Å². The summed E-state index contributed by atoms with van der Waals surface area (Å²) < 4.78 is 1.08. The molecule has 0 aliphatic rings. The average Bonchev–Trinajstić information content (AvgIpc) is 2.29. The lowest BCUT2D eigenvalue weighted by atomic mass is 9.96. The molecule has 0 spiro atoms. The molecule has 1 rings (SSSR count). The summed E-state index contributed by atoms with van der Waals surface area (Å²) in [5.41, 5.74) is 7.49. The zero-order chi connectivity index (χ0) is 12.8. The number of nitrogen functional groups attached to an aromatic ring is 1. The van der Waals surface area contributed by atoms with E-state index in [1.54, 1.807) is 0 Å². The first kappa shape index (κ1) is 14.6. The van der Waals surface area contributed by atoms with Crippen LogP contribution in [0.5, 0.6) is 0 Å². The van der Waals surface area contributed by atoms with Crippen LogP contribution in [0.1, 0.15) is 26.7 Å². The van der Waals surface area contributed by atoms with Gasteiger partial charge in [0.1, 0.15) is 0 Å². The molecule has 96 valence electrons. The van der Waals surface area contributed by atoms with Crippen molar-refractivity contribution in [3.8, 4) is 0 Å². The maximum Gasteiger partial charge on any atom is 0.0740 e. The number of nitrogens with two attached hydrogens (primary N) is 1. The van der Waals surface area contributed by atoms with Crippen LogP contribution in [-0.4, -0.2) is 17.8 Å². The van der Waals surface area contributed by atoms with E-state index in [0.29, 0.717) is 12.5 Å². The second-order valence-corrected chi connectivity index (χ2v) is 5.43. The summed E-state index contributed by atoms with van der Waals surface area (Å²) >= 11 is 2.24. The van der Waals surface area contributed by atoms with Crippen LogP contribution in [0.4, 0.5) is 11.4 Å². The van der Waals surface area contributed by atoms with Gasteiger partial charge in [-0.15, -0.1) is 0 Å². The third kappa shape index (κ3) is 4.35. The van der Waals surface area contributed by atoms with Gasteiger partial charge in [-0.2, -0.15) is 0 Å². The minimum atomic E-state index is -0.293. The van der Waals surface area contributed by atoms with Crippen molar-refractivity contribution in [1.82, 2.24) is 0 Å². The van der Waals surface area contributed by atoms with Crippen molar-refractivity contribution in [2.45, 2.75) is 32.8 Å². The van der Waals surface area contributed by atoms with Crippen LogP contribution >= 0.6 is 22.6 Å². The molecule has 0 radical (unpaired) electrons. The normalized spacial score (nSPS) is 12.8. The van der Waals surface area contributed by atoms with E-state index in [2.05, 4.69) is 41.8 Å². The minimum absolute atomic E-state index is 0.293. The topological polar surface area (TPSA) is 58.3 Å². The minimum Gasteiger partial charge on any atom is -0.399 e. The van der Waals surface area contributed by atoms with Crippen molar-refractivity contribution in [2.75, 3.05) is 17.6 Å². The molecule has 0 saturated carbocycles. The van der Waals surface area contributed by atoms with E-state index < -0.39 is 0 Å². The van der Waals surface area contributed by atoms with Crippen molar-refractivity contribution >= 4 is 34.0 Å². The summed E-state index contributed by atoms with van der Waals surface area (Å²) in [5, 5.41) is 13.3. The third-order valence-corrected chi connectivity index (χ3v) is 3.98. The Morgan fingerprint density at radius 1 is 1.35 bits per heavy atom. The molecular formula is C13H21IN2O. The number of hydrogen-bond donors (Lipinski definition) is 3. The highest BCUT2D eigenvalue weighted by molar-refractivity contribution is 14.1. The standard InChI is InChI=1S/C13H21IN2O/c1-3-9(4-2)13(17)8-16-12-6-5-10(15)7-11(12)14/h5-7,9,13,16-17H,3-4,8,15H2,1-2H3. The van der Waals surface area contributed by atoms with Gasteiger partial charge < -0.3 is 16.2 Å². The molecule has 0 aliphatic carbocycles. The van der Waals surface area contributed by atoms with Crippen molar-refractivity contribution < 1.29 is 5.11 Å². The Bertz CT molecular complexity index is 353. The summed E-state index contributed by atoms with van der Waals surface area (Å²) in [6.45, 7) is 4.82. The molecular weight excluding hydrogens is 327 g/mol. The quantitative estimate of drug-likeness (QED) is 0.547. The Morgan fingerprint density at radius 2 is 2.00 bits per heavy atom. The molecule has 0 heterocycles. The number of rotatable bonds is 6. The predicted octanol–water partition coefficient (Wildman–Crippen LogP) is 3.08. The van der Waals surface area contributed by atoms with E-state index in [9.17, 15) is 5.11 Å². The fourth-order valence-electron chi connectivity index (χ4n) is 1.89. The zero-order valence-corrected chi connectivity index (χ0v) is 12.6. The second-order valence-electron chi connectivity index (χ2n) is 4.26. The third-order valence-electron chi connectivity index (χ3n) is 3.09. The first-order valence-electron chi connectivity index (χ1n) is 6.05. The molecule has 1 aromatic rings. The van der Waals surface area contributed by atoms with E-state index in [-0.39, 0.29) is 6.10 Å². The lowest BCUT2D eigenvalue weighted by molar-refractivity contribution is 0.114. The molecule has 1 atom stereocenters. The predicted molar refractivity (Wildman–Crippen MR) is 82.1 cm³/mol. The van der Waals surface area contributed by atoms with Gasteiger partial charge in [0.2, 0.25) is 0 Å². The van der Waals surface area contributed by atoms with Gasteiger partial charge >= 0.3 is 0 Å². The number of benzene rings is 1. The molecule has 4 N–H and O–H groups in total. The van der Waals surface area contributed by atoms with E-state index >= 15 is 0 Å². The zero-order valence-electron chi connectivity index (χ0n) is 10.4. The molecule has 0 bridgehead atoms. The molecule has 3 nitrogen and oxygen atoms in total. The van der Waals surface area contributed by atoms with Crippen LogP contribution in [-0.2, 0) is 0 Å². The highest BCUT2D eigenvalue weighted by atomic mass is 127. The number of aliphatic hydroxyl groups is 1. The van der Waals surface area contributed by atoms with E-state index in [0.717, 1.165) is 27.8 Å². The molecule has 0 saturated heterocycles. The van der Waals surface area contributed by atoms with E-state index in [4.69, 9.17) is 5.73 Å². The van der Waals surface area contributed by atoms with E-state index in [1.165, 1.54) is 0 Å². The van der Waals surface area contributed by atoms with Crippen molar-refractivity contribution in [2.24, 2.45) is 5.92 Å². The Hall–Kier alpha value is -0.490. The Labute approximate surface area is 117 Å². The first-order chi connectivity index (χ1) is 8.08. The molecule has 0 aliphatic heterocycles. The summed E-state index contributed by atoms with van der Waals surface area (Å²) in [6.07, 6.45) is 1.73. The number of nitrogens with one attached hydrogen (secondary N) is 1. The van der Waals surface area contributed by atoms with Crippen LogP contribution < -0.4 is 11.1 Å². The van der Waals surface area contributed by atoms with Crippen molar-refractivity contribution in [3.63, 3.8) is 0 Å². The van der Waals surface area contributed by atoms with Gasteiger partial charge in [0.15, 0.2) is 0 Å². The van der Waals surface area contributed by atoms with Crippen LogP contribution in [0.25, 0.3) is 0 Å². The Balaban J connectivity index is 2.55. The van der Waals surface area contributed by atoms with Gasteiger partial charge in [-0.1, -0.05) is 26.7 Å². The molecule has 17 heavy (non-hydrogen) atoms. The van der Waals surface area contributed by atoms with Crippen LogP contribution in [0, 0.1) is 9.49 Å². The molecule has 0 aromatic heterocycles. The largest absolute Gasteiger partial charge is 0.399 e. The number of anilines is 2. The van der Waals surface area contributed by atoms with Crippen LogP contribution in [0.15, 0.2) is 18.2 Å². The molecule has 1 aromatic carbocycles. The Morgan fingerprint density at radius 3 is 2.53 bits per heavy atom. The fourth-order valence-corrected chi connectivity index (χ4v) is 2.62. The smallest absolute Gasteiger partial charge is 0.0740 e. The molecule has 0 fully saturated rings. The molecule has 0 amide bonds. The first-order valence-corrected chi connectivity index (χ1v) is 7.13. The summed E-state index contributed by atoms with van der Waals surface area (Å²) in [6, 6.07) is 5.75. The highest BCUT2D eigenvalue weighted by Crippen LogP contribution is 2.21. The van der Waals surface area contributed by atoms with E-state index in [1.807, 2.05) is 18.2 Å². The lowest BCUT2D eigenvalue weighted by Gasteiger charge is -2.21. The molecule has 1 unspecified atom stereocenters. The maximum absolute atomic E-state index is 10.0. The Kier molecular flexibility index (Phi) is 6.05. The summed E-state index contributed by atoms with van der Waals surface area (Å²) in [7, 11) is 0. The van der Waals surface area contributed by atoms with Crippen LogP contribution in [0.3, 0.4) is 0 Å². The van der Waals surface area contributed by atoms with Gasteiger partial charge in [-0.25, -0.2) is 0 Å². The molecule has 4 heteroatoms. The monoisotopic (exact) mass is 348 g/mol. The van der Waals surface area contributed by atoms with Crippen molar-refractivity contribution in [1.29, 1.82) is 0 Å². The second kappa shape index (κ2) is 7.06. The number of aliphatic hydroxyl groups excluding tert-OH is 1. The van der Waals surface area contributed by atoms with Crippen molar-refractivity contribution in [3.05, 3.63) is 21.8 Å². The average molecular weight is 348 g/mol. The van der Waals surface area contributed by atoms with Gasteiger partial charge in [-0.3, -0.25) is 0 Å². The summed E-state index contributed by atoms with van der Waals surface area (Å²) in [5.74, 6) is 0.369. The fraction of sp³-hybridized carbons (Fsp3) is 0.538. The summed E-state index contributed by atoms with van der Waals surface area (Å²) in [4.78, 5) is 0.